The van der Waals surface area contributed by atoms with E-state index in [1.54, 1.807) is 13.0 Å². The van der Waals surface area contributed by atoms with Gasteiger partial charge in [0.15, 0.2) is 11.5 Å². The third-order valence-corrected chi connectivity index (χ3v) is 7.25. The van der Waals surface area contributed by atoms with Crippen molar-refractivity contribution >= 4 is 34.5 Å². The molecular weight excluding hydrogens is 480 g/mol. The molecule has 38 heavy (non-hydrogen) atoms. The van der Waals surface area contributed by atoms with Gasteiger partial charge < -0.3 is 5.11 Å². The zero-order valence-corrected chi connectivity index (χ0v) is 21.3. The number of hydrazone groups is 3. The first-order valence-corrected chi connectivity index (χ1v) is 12.5. The predicted octanol–water partition coefficient (Wildman–Crippen LogP) is 3.75. The van der Waals surface area contributed by atoms with Crippen molar-refractivity contribution in [1.29, 1.82) is 0 Å². The molecule has 2 heterocycles. The number of phenols is 1. The molecule has 1 amide bonds. The van der Waals surface area contributed by atoms with Gasteiger partial charge in [-0.25, -0.2) is 5.53 Å². The van der Waals surface area contributed by atoms with Gasteiger partial charge in [0.1, 0.15) is 5.75 Å². The number of aromatic hydroxyl groups is 1. The SMILES string of the molecule is CC1=NN(c2ccc3c(c2)C(C)(C)CC3)C(=O)/C1=N\Nc1cccc(-c2cccc(C3=NNNN3)c2)c1O. The molecule has 0 spiro atoms. The number of rotatable bonds is 5. The molecule has 0 saturated carbocycles. The Hall–Kier alpha value is -4.70. The van der Waals surface area contributed by atoms with E-state index in [1.807, 2.05) is 42.5 Å². The van der Waals surface area contributed by atoms with Gasteiger partial charge >= 0.3 is 5.91 Å². The van der Waals surface area contributed by atoms with Crippen molar-refractivity contribution in [3.63, 3.8) is 0 Å². The van der Waals surface area contributed by atoms with E-state index in [4.69, 9.17) is 0 Å². The third-order valence-electron chi connectivity index (χ3n) is 7.25. The van der Waals surface area contributed by atoms with Crippen molar-refractivity contribution in [3.05, 3.63) is 77.4 Å². The first-order valence-electron chi connectivity index (χ1n) is 12.5. The molecule has 10 heteroatoms. The highest BCUT2D eigenvalue weighted by Gasteiger charge is 2.34. The third kappa shape index (κ3) is 4.04. The molecule has 10 nitrogen and oxygen atoms in total. The number of hydrogen-bond donors (Lipinski definition) is 5. The van der Waals surface area contributed by atoms with Crippen LogP contribution in [0.25, 0.3) is 11.1 Å². The van der Waals surface area contributed by atoms with Crippen molar-refractivity contribution in [2.24, 2.45) is 15.3 Å². The maximum absolute atomic E-state index is 13.3. The van der Waals surface area contributed by atoms with Crippen LogP contribution < -0.4 is 26.9 Å². The zero-order chi connectivity index (χ0) is 26.4. The summed E-state index contributed by atoms with van der Waals surface area (Å²) in [4.78, 5) is 13.3. The maximum atomic E-state index is 13.3. The van der Waals surface area contributed by atoms with Crippen LogP contribution in [0.4, 0.5) is 11.4 Å². The second kappa shape index (κ2) is 9.00. The second-order valence-corrected chi connectivity index (χ2v) is 10.2. The number of carbonyl (C=O) groups is 1. The van der Waals surface area contributed by atoms with E-state index in [9.17, 15) is 9.90 Å². The monoisotopic (exact) mass is 508 g/mol. The van der Waals surface area contributed by atoms with Gasteiger partial charge in [0, 0.05) is 11.1 Å². The topological polar surface area (TPSA) is 126 Å². The fourth-order valence-corrected chi connectivity index (χ4v) is 5.08. The number of amidine groups is 1. The summed E-state index contributed by atoms with van der Waals surface area (Å²) in [5.74, 6) is 0.337. The second-order valence-electron chi connectivity index (χ2n) is 10.2. The number of aryl methyl sites for hydroxylation is 1. The Kier molecular flexibility index (Phi) is 5.61. The largest absolute Gasteiger partial charge is 0.505 e. The molecule has 0 aromatic heterocycles. The van der Waals surface area contributed by atoms with Crippen LogP contribution in [-0.4, -0.2) is 28.3 Å². The molecule has 0 saturated heterocycles. The first-order chi connectivity index (χ1) is 18.3. The molecule has 0 unspecified atom stereocenters. The van der Waals surface area contributed by atoms with E-state index >= 15 is 0 Å². The predicted molar refractivity (Wildman–Crippen MR) is 149 cm³/mol. The number of hydrogen-bond acceptors (Lipinski definition) is 9. The molecule has 0 bridgehead atoms. The summed E-state index contributed by atoms with van der Waals surface area (Å²) in [6.45, 7) is 6.20. The van der Waals surface area contributed by atoms with Crippen LogP contribution in [-0.2, 0) is 16.6 Å². The van der Waals surface area contributed by atoms with E-state index in [1.165, 1.54) is 16.1 Å². The van der Waals surface area contributed by atoms with Crippen molar-refractivity contribution < 1.29 is 9.90 Å². The Balaban J connectivity index is 1.25. The number of phenolic OH excluding ortho intramolecular Hbond substituents is 1. The summed E-state index contributed by atoms with van der Waals surface area (Å²) in [5, 5.41) is 25.4. The summed E-state index contributed by atoms with van der Waals surface area (Å²) < 4.78 is 0. The van der Waals surface area contributed by atoms with E-state index in [-0.39, 0.29) is 22.8 Å². The van der Waals surface area contributed by atoms with Crippen molar-refractivity contribution in [2.75, 3.05) is 10.4 Å². The minimum atomic E-state index is -0.318. The molecule has 6 rings (SSSR count). The lowest BCUT2D eigenvalue weighted by Gasteiger charge is -2.21. The molecule has 192 valence electrons. The average molecular weight is 509 g/mol. The normalized spacial score (nSPS) is 18.7. The summed E-state index contributed by atoms with van der Waals surface area (Å²) in [6.07, 6.45) is 2.13. The van der Waals surface area contributed by atoms with Crippen molar-refractivity contribution in [2.45, 2.75) is 39.0 Å². The van der Waals surface area contributed by atoms with E-state index < -0.39 is 0 Å². The molecule has 5 N–H and O–H groups in total. The number of fused-ring (bicyclic) bond motifs is 1. The quantitative estimate of drug-likeness (QED) is 0.264. The fraction of sp³-hybridized carbons (Fsp3) is 0.214. The van der Waals surface area contributed by atoms with Crippen molar-refractivity contribution in [3.8, 4) is 16.9 Å². The lowest BCUT2D eigenvalue weighted by atomic mass is 9.86. The Labute approximate surface area is 220 Å². The zero-order valence-electron chi connectivity index (χ0n) is 21.3. The molecule has 0 atom stereocenters. The minimum absolute atomic E-state index is 0.0179. The molecule has 3 aromatic carbocycles. The van der Waals surface area contributed by atoms with Gasteiger partial charge in [0.25, 0.3) is 0 Å². The van der Waals surface area contributed by atoms with Crippen LogP contribution in [0.1, 0.15) is 43.9 Å². The van der Waals surface area contributed by atoms with E-state index in [2.05, 4.69) is 63.2 Å². The van der Waals surface area contributed by atoms with Crippen molar-refractivity contribution in [1.82, 2.24) is 16.5 Å². The number of nitrogens with zero attached hydrogens (tertiary/aromatic N) is 4. The fourth-order valence-electron chi connectivity index (χ4n) is 5.08. The molecule has 3 aliphatic rings. The first kappa shape index (κ1) is 23.7. The number of anilines is 2. The van der Waals surface area contributed by atoms with Gasteiger partial charge in [0.05, 0.1) is 17.1 Å². The minimum Gasteiger partial charge on any atom is -0.505 e. The van der Waals surface area contributed by atoms with Gasteiger partial charge in [0.2, 0.25) is 0 Å². The number of nitrogens with one attached hydrogen (secondary N) is 4. The summed E-state index contributed by atoms with van der Waals surface area (Å²) >= 11 is 0. The highest BCUT2D eigenvalue weighted by Crippen LogP contribution is 2.40. The van der Waals surface area contributed by atoms with Gasteiger partial charge in [-0.15, -0.1) is 10.6 Å². The molecule has 3 aromatic rings. The Morgan fingerprint density at radius 2 is 1.89 bits per heavy atom. The number of benzene rings is 3. The van der Waals surface area contributed by atoms with E-state index in [0.29, 0.717) is 22.8 Å². The smallest absolute Gasteiger partial charge is 0.301 e. The Bertz CT molecular complexity index is 1560. The summed E-state index contributed by atoms with van der Waals surface area (Å²) in [7, 11) is 0. The van der Waals surface area contributed by atoms with Crippen LogP contribution in [0.3, 0.4) is 0 Å². The van der Waals surface area contributed by atoms with Crippen LogP contribution in [0.5, 0.6) is 5.75 Å². The number of para-hydroxylation sites is 1. The Morgan fingerprint density at radius 3 is 2.71 bits per heavy atom. The molecular formula is C28H28N8O2. The number of amides is 1. The number of hydrazine groups is 2. The molecule has 0 fully saturated rings. The molecule has 2 aliphatic heterocycles. The number of carbonyl (C=O) groups excluding carboxylic acids is 1. The molecule has 1 aliphatic carbocycles. The van der Waals surface area contributed by atoms with Crippen LogP contribution in [0, 0.1) is 0 Å². The standard InChI is InChI=1S/C28H28N8O2/c1-16-24(27(38)36(33-16)20-11-10-17-12-13-28(2,3)22(17)15-20)30-29-23-9-5-8-21(25(23)37)18-6-4-7-19(14-18)26-31-34-35-32-26/h4-11,14-15,29,34-35,37H,12-13H2,1-3H3,(H,31,32)/b30-24-. The lowest BCUT2D eigenvalue weighted by Crippen LogP contribution is -2.35. The van der Waals surface area contributed by atoms with Gasteiger partial charge in [-0.05, 0) is 66.1 Å². The van der Waals surface area contributed by atoms with Crippen LogP contribution in [0.2, 0.25) is 0 Å². The summed E-state index contributed by atoms with van der Waals surface area (Å²) in [6, 6.07) is 19.0. The maximum Gasteiger partial charge on any atom is 0.301 e. The highest BCUT2D eigenvalue weighted by atomic mass is 16.3. The highest BCUT2D eigenvalue weighted by molar-refractivity contribution is 6.71. The van der Waals surface area contributed by atoms with Gasteiger partial charge in [-0.2, -0.15) is 15.2 Å². The van der Waals surface area contributed by atoms with E-state index in [0.717, 1.165) is 29.7 Å². The van der Waals surface area contributed by atoms with Gasteiger partial charge in [-0.1, -0.05) is 50.2 Å². The average Bonchev–Trinajstić information content (AvgIpc) is 3.63. The molecule has 0 radical (unpaired) electrons. The van der Waals surface area contributed by atoms with Crippen LogP contribution in [0.15, 0.2) is 76.0 Å². The van der Waals surface area contributed by atoms with Crippen LogP contribution >= 0.6 is 0 Å². The van der Waals surface area contributed by atoms with Gasteiger partial charge in [-0.3, -0.25) is 15.6 Å². The lowest BCUT2D eigenvalue weighted by molar-refractivity contribution is -0.112. The summed E-state index contributed by atoms with van der Waals surface area (Å²) in [5.41, 5.74) is 17.8. The Morgan fingerprint density at radius 1 is 1.08 bits per heavy atom.